The summed E-state index contributed by atoms with van der Waals surface area (Å²) in [6, 6.07) is 8.14. The van der Waals surface area contributed by atoms with Crippen LogP contribution in [0.15, 0.2) is 47.8 Å². The third kappa shape index (κ3) is 4.49. The summed E-state index contributed by atoms with van der Waals surface area (Å²) in [5.74, 6) is 0.150. The number of hydrogen-bond donors (Lipinski definition) is 2. The van der Waals surface area contributed by atoms with Crippen LogP contribution >= 0.6 is 0 Å². The molecule has 11 nitrogen and oxygen atoms in total. The Kier molecular flexibility index (Phi) is 5.98. The van der Waals surface area contributed by atoms with Gasteiger partial charge in [0.05, 0.1) is 18.1 Å². The second kappa shape index (κ2) is 9.38. The average molecular weight is 459 g/mol. The zero-order chi connectivity index (χ0) is 23.5. The first-order valence-electron chi connectivity index (χ1n) is 11.3. The van der Waals surface area contributed by atoms with Gasteiger partial charge in [-0.1, -0.05) is 17.3 Å². The molecule has 0 bridgehead atoms. The molecule has 2 atom stereocenters. The summed E-state index contributed by atoms with van der Waals surface area (Å²) in [4.78, 5) is 24.4. The van der Waals surface area contributed by atoms with Gasteiger partial charge in [-0.2, -0.15) is 14.8 Å². The minimum Gasteiger partial charge on any atom is -0.369 e. The lowest BCUT2D eigenvalue weighted by Gasteiger charge is -2.12. The van der Waals surface area contributed by atoms with E-state index in [0.717, 1.165) is 42.6 Å². The molecule has 1 saturated carbocycles. The Labute approximate surface area is 196 Å². The number of fused-ring (bicyclic) bond motifs is 1. The van der Waals surface area contributed by atoms with E-state index in [0.29, 0.717) is 23.5 Å². The molecular weight excluding hydrogens is 432 g/mol. The fourth-order valence-corrected chi connectivity index (χ4v) is 4.27. The van der Waals surface area contributed by atoms with Crippen molar-refractivity contribution in [2.24, 2.45) is 16.6 Å². The van der Waals surface area contributed by atoms with Crippen LogP contribution in [0, 0.1) is 5.92 Å². The molecule has 1 aromatic carbocycles. The lowest BCUT2D eigenvalue weighted by Crippen LogP contribution is -2.23. The summed E-state index contributed by atoms with van der Waals surface area (Å²) in [6.07, 6.45) is 10.6. The summed E-state index contributed by atoms with van der Waals surface area (Å²) in [5, 5.41) is 16.2. The first-order chi connectivity index (χ1) is 16.6. The predicted octanol–water partition coefficient (Wildman–Crippen LogP) is 2.23. The van der Waals surface area contributed by atoms with Crippen molar-refractivity contribution in [3.63, 3.8) is 0 Å². The van der Waals surface area contributed by atoms with Crippen LogP contribution < -0.4 is 11.1 Å². The van der Waals surface area contributed by atoms with E-state index in [2.05, 4.69) is 35.7 Å². The molecule has 3 N–H and O–H groups in total. The molecule has 34 heavy (non-hydrogen) atoms. The number of carbonyl (C=O) groups is 1. The van der Waals surface area contributed by atoms with E-state index >= 15 is 0 Å². The van der Waals surface area contributed by atoms with E-state index in [-0.39, 0.29) is 17.9 Å². The van der Waals surface area contributed by atoms with E-state index in [4.69, 9.17) is 5.73 Å². The van der Waals surface area contributed by atoms with Gasteiger partial charge in [-0.05, 0) is 37.0 Å². The topological polar surface area (TPSA) is 142 Å². The maximum atomic E-state index is 11.4. The van der Waals surface area contributed by atoms with Gasteiger partial charge in [0.25, 0.3) is 0 Å². The number of nitrogens with one attached hydrogen (secondary N) is 1. The molecule has 174 valence electrons. The van der Waals surface area contributed by atoms with Crippen molar-refractivity contribution in [2.75, 3.05) is 12.4 Å². The maximum Gasteiger partial charge on any atom is 0.225 e. The number of aliphatic imine (C=N–C) groups is 1. The van der Waals surface area contributed by atoms with Crippen molar-refractivity contribution < 1.29 is 4.79 Å². The number of hydrogen-bond acceptors (Lipinski definition) is 8. The highest BCUT2D eigenvalue weighted by molar-refractivity contribution is 5.77. The zero-order valence-corrected chi connectivity index (χ0v) is 18.9. The fourth-order valence-electron chi connectivity index (χ4n) is 4.27. The third-order valence-electron chi connectivity index (χ3n) is 6.11. The molecule has 0 saturated heterocycles. The van der Waals surface area contributed by atoms with Crippen LogP contribution in [0.25, 0.3) is 28.0 Å². The van der Waals surface area contributed by atoms with Gasteiger partial charge >= 0.3 is 0 Å². The first-order valence-corrected chi connectivity index (χ1v) is 11.3. The van der Waals surface area contributed by atoms with Gasteiger partial charge in [0, 0.05) is 49.9 Å². The Morgan fingerprint density at radius 3 is 2.85 bits per heavy atom. The van der Waals surface area contributed by atoms with Gasteiger partial charge < -0.3 is 16.0 Å². The average Bonchev–Trinajstić information content (AvgIpc) is 3.59. The Morgan fingerprint density at radius 2 is 2.09 bits per heavy atom. The van der Waals surface area contributed by atoms with E-state index in [1.165, 1.54) is 0 Å². The Morgan fingerprint density at radius 1 is 1.24 bits per heavy atom. The molecule has 0 radical (unpaired) electrons. The number of aryl methyl sites for hydroxylation is 1. The number of carbonyl (C=O) groups excluding carboxylic acids is 1. The predicted molar refractivity (Wildman–Crippen MR) is 129 cm³/mol. The van der Waals surface area contributed by atoms with Crippen molar-refractivity contribution >= 4 is 29.2 Å². The second-order valence-corrected chi connectivity index (χ2v) is 8.43. The van der Waals surface area contributed by atoms with E-state index in [1.807, 2.05) is 47.6 Å². The summed E-state index contributed by atoms with van der Waals surface area (Å²) >= 11 is 0. The van der Waals surface area contributed by atoms with Crippen LogP contribution in [0.3, 0.4) is 0 Å². The molecule has 3 aromatic heterocycles. The van der Waals surface area contributed by atoms with Crippen LogP contribution in [-0.2, 0) is 11.3 Å². The van der Waals surface area contributed by atoms with Crippen molar-refractivity contribution in [3.05, 3.63) is 42.9 Å². The lowest BCUT2D eigenvalue weighted by molar-refractivity contribution is -0.121. The molecule has 0 aliphatic heterocycles. The van der Waals surface area contributed by atoms with Gasteiger partial charge in [-0.15, -0.1) is 5.10 Å². The van der Waals surface area contributed by atoms with Crippen LogP contribution in [0.1, 0.15) is 25.7 Å². The largest absolute Gasteiger partial charge is 0.369 e. The molecule has 1 aliphatic rings. The summed E-state index contributed by atoms with van der Waals surface area (Å²) in [6.45, 7) is 0.792. The summed E-state index contributed by atoms with van der Waals surface area (Å²) in [5.41, 5.74) is 9.61. The molecule has 0 unspecified atom stereocenters. The molecule has 0 spiro atoms. The number of aromatic nitrogens is 7. The van der Waals surface area contributed by atoms with E-state index < -0.39 is 0 Å². The molecule has 1 fully saturated rings. The van der Waals surface area contributed by atoms with Gasteiger partial charge in [0.15, 0.2) is 11.2 Å². The molecular formula is C23H26N10O. The number of primary amides is 1. The van der Waals surface area contributed by atoms with Crippen molar-refractivity contribution in [2.45, 2.75) is 38.3 Å². The highest BCUT2D eigenvalue weighted by Gasteiger charge is 2.28. The second-order valence-electron chi connectivity index (χ2n) is 8.43. The van der Waals surface area contributed by atoms with E-state index in [9.17, 15) is 4.79 Å². The lowest BCUT2D eigenvalue weighted by atomic mass is 10.1. The molecule has 4 aromatic rings. The zero-order valence-electron chi connectivity index (χ0n) is 18.9. The number of rotatable bonds is 8. The molecule has 1 amide bonds. The van der Waals surface area contributed by atoms with Gasteiger partial charge in [-0.3, -0.25) is 9.48 Å². The number of nitrogens with zero attached hydrogens (tertiary/aromatic N) is 8. The summed E-state index contributed by atoms with van der Waals surface area (Å²) < 4.78 is 3.61. The Balaban J connectivity index is 1.33. The minimum absolute atomic E-state index is 0.0933. The van der Waals surface area contributed by atoms with Gasteiger partial charge in [0.1, 0.15) is 0 Å². The SMILES string of the molecule is CN=CCCn1cc(-c2ccc(-n3nnc4cnc(N[C@@H]5CC[C@@H](C(N)=O)C5)nc43)cc2)cn1. The van der Waals surface area contributed by atoms with Crippen LogP contribution in [0.4, 0.5) is 5.95 Å². The van der Waals surface area contributed by atoms with Crippen LogP contribution in [-0.4, -0.2) is 60.0 Å². The van der Waals surface area contributed by atoms with Crippen molar-refractivity contribution in [1.29, 1.82) is 0 Å². The highest BCUT2D eigenvalue weighted by atomic mass is 16.1. The monoisotopic (exact) mass is 458 g/mol. The Bertz CT molecular complexity index is 1320. The smallest absolute Gasteiger partial charge is 0.225 e. The number of nitrogens with two attached hydrogens (primary N) is 1. The van der Waals surface area contributed by atoms with Gasteiger partial charge in [-0.25, -0.2) is 4.98 Å². The first kappa shape index (κ1) is 21.7. The maximum absolute atomic E-state index is 11.4. The molecule has 5 rings (SSSR count). The summed E-state index contributed by atoms with van der Waals surface area (Å²) in [7, 11) is 1.77. The molecule has 11 heteroatoms. The van der Waals surface area contributed by atoms with E-state index in [1.54, 1.807) is 17.9 Å². The Hall–Kier alpha value is -4.15. The molecule has 1 aliphatic carbocycles. The normalized spacial score (nSPS) is 18.1. The van der Waals surface area contributed by atoms with Crippen molar-refractivity contribution in [3.8, 4) is 16.8 Å². The number of benzene rings is 1. The number of amides is 1. The number of anilines is 1. The van der Waals surface area contributed by atoms with Crippen LogP contribution in [0.5, 0.6) is 0 Å². The van der Waals surface area contributed by atoms with Crippen molar-refractivity contribution in [1.82, 2.24) is 34.7 Å². The highest BCUT2D eigenvalue weighted by Crippen LogP contribution is 2.27. The minimum atomic E-state index is -0.246. The van der Waals surface area contributed by atoms with Gasteiger partial charge in [0.2, 0.25) is 11.9 Å². The third-order valence-corrected chi connectivity index (χ3v) is 6.11. The standard InChI is InChI=1S/C23H26N10O/c1-25-9-2-10-32-14-17(12-27-32)15-4-7-19(8-5-15)33-22-20(30-31-33)13-26-23(29-22)28-18-6-3-16(11-18)21(24)34/h4-5,7-9,12-14,16,18H,2-3,6,10-11H2,1H3,(H2,24,34)(H,26,28,29)/t16-,18-/m1/s1. The molecule has 3 heterocycles. The fraction of sp³-hybridized carbons (Fsp3) is 0.348. The van der Waals surface area contributed by atoms with Crippen LogP contribution in [0.2, 0.25) is 0 Å². The quantitative estimate of drug-likeness (QED) is 0.386.